The molecule has 0 fully saturated rings. The molecule has 0 aliphatic rings. The maximum Gasteiger partial charge on any atom is 0.135 e. The van der Waals surface area contributed by atoms with Gasteiger partial charge in [-0.25, -0.2) is 4.39 Å². The van der Waals surface area contributed by atoms with Crippen LogP contribution in [0.15, 0.2) is 18.2 Å². The Morgan fingerprint density at radius 3 is 2.60 bits per heavy atom. The van der Waals surface area contributed by atoms with Crippen LogP contribution in [0.1, 0.15) is 0 Å². The zero-order chi connectivity index (χ0) is 11.0. The van der Waals surface area contributed by atoms with Gasteiger partial charge in [-0.15, -0.1) is 11.3 Å². The van der Waals surface area contributed by atoms with Crippen molar-refractivity contribution in [2.45, 2.75) is 0 Å². The Morgan fingerprint density at radius 2 is 2.00 bits per heavy atom. The molecule has 4 heteroatoms. The molecule has 0 atom stereocenters. The Balaban J connectivity index is 2.64. The van der Waals surface area contributed by atoms with E-state index in [4.69, 9.17) is 4.74 Å². The van der Waals surface area contributed by atoms with Crippen molar-refractivity contribution in [3.63, 3.8) is 0 Å². The molecule has 0 saturated carbocycles. The minimum absolute atomic E-state index is 0.228. The van der Waals surface area contributed by atoms with E-state index in [2.05, 4.69) is 0 Å². The summed E-state index contributed by atoms with van der Waals surface area (Å²) in [6.45, 7) is 0. The number of rotatable bonds is 2. The molecule has 1 aromatic heterocycles. The first-order valence-corrected chi connectivity index (χ1v) is 5.38. The highest BCUT2D eigenvalue weighted by atomic mass is 32.1. The van der Waals surface area contributed by atoms with Gasteiger partial charge >= 0.3 is 0 Å². The zero-order valence-corrected chi connectivity index (χ0v) is 9.69. The van der Waals surface area contributed by atoms with Crippen molar-refractivity contribution in [1.82, 2.24) is 0 Å². The fourth-order valence-corrected chi connectivity index (χ4v) is 2.42. The first kappa shape index (κ1) is 10.2. The molecule has 0 amide bonds. The van der Waals surface area contributed by atoms with Crippen molar-refractivity contribution in [2.24, 2.45) is 0 Å². The van der Waals surface area contributed by atoms with Crippen LogP contribution in [-0.4, -0.2) is 21.2 Å². The molecule has 0 aliphatic carbocycles. The molecule has 2 aromatic rings. The third-order valence-corrected chi connectivity index (χ3v) is 3.47. The first-order chi connectivity index (χ1) is 7.11. The molecule has 1 heterocycles. The van der Waals surface area contributed by atoms with Crippen LogP contribution in [0, 0.1) is 5.82 Å². The monoisotopic (exact) mass is 225 g/mol. The SMILES string of the molecule is COc1cc(F)c2cc(N(C)C)sc2c1. The average Bonchev–Trinajstić information content (AvgIpc) is 2.61. The van der Waals surface area contributed by atoms with Gasteiger partial charge in [0.25, 0.3) is 0 Å². The van der Waals surface area contributed by atoms with Gasteiger partial charge in [0.15, 0.2) is 0 Å². The quantitative estimate of drug-likeness (QED) is 0.778. The summed E-state index contributed by atoms with van der Waals surface area (Å²) in [4.78, 5) is 1.97. The standard InChI is InChI=1S/C11H12FNOS/c1-13(2)11-6-8-9(12)4-7(14-3)5-10(8)15-11/h4-6H,1-3H3. The second-order valence-corrected chi connectivity index (χ2v) is 4.56. The van der Waals surface area contributed by atoms with E-state index in [9.17, 15) is 4.39 Å². The summed E-state index contributed by atoms with van der Waals surface area (Å²) in [6.07, 6.45) is 0. The number of halogens is 1. The van der Waals surface area contributed by atoms with Crippen LogP contribution in [-0.2, 0) is 0 Å². The summed E-state index contributed by atoms with van der Waals surface area (Å²) < 4.78 is 19.6. The maximum atomic E-state index is 13.6. The number of hydrogen-bond acceptors (Lipinski definition) is 3. The molecule has 0 unspecified atom stereocenters. The van der Waals surface area contributed by atoms with Crippen molar-refractivity contribution >= 4 is 26.4 Å². The van der Waals surface area contributed by atoms with E-state index in [1.54, 1.807) is 18.4 Å². The summed E-state index contributed by atoms with van der Waals surface area (Å²) >= 11 is 1.55. The molecule has 80 valence electrons. The lowest BCUT2D eigenvalue weighted by atomic mass is 10.2. The second kappa shape index (κ2) is 3.70. The highest BCUT2D eigenvalue weighted by Gasteiger charge is 2.09. The van der Waals surface area contributed by atoms with Crippen LogP contribution in [0.3, 0.4) is 0 Å². The summed E-state index contributed by atoms with van der Waals surface area (Å²) in [5, 5.41) is 1.70. The highest BCUT2D eigenvalue weighted by molar-refractivity contribution is 7.22. The molecule has 2 nitrogen and oxygen atoms in total. The number of benzene rings is 1. The lowest BCUT2D eigenvalue weighted by Gasteiger charge is -2.06. The van der Waals surface area contributed by atoms with E-state index in [1.807, 2.05) is 31.1 Å². The van der Waals surface area contributed by atoms with E-state index in [-0.39, 0.29) is 5.82 Å². The molecule has 1 aromatic carbocycles. The second-order valence-electron chi connectivity index (χ2n) is 3.50. The molecular formula is C11H12FNOS. The summed E-state index contributed by atoms with van der Waals surface area (Å²) in [5.74, 6) is 0.334. The molecular weight excluding hydrogens is 213 g/mol. The van der Waals surface area contributed by atoms with Crippen LogP contribution in [0.5, 0.6) is 5.75 Å². The van der Waals surface area contributed by atoms with Gasteiger partial charge in [-0.2, -0.15) is 0 Å². The lowest BCUT2D eigenvalue weighted by Crippen LogP contribution is -2.05. The largest absolute Gasteiger partial charge is 0.497 e. The average molecular weight is 225 g/mol. The predicted molar refractivity (Wildman–Crippen MR) is 62.7 cm³/mol. The van der Waals surface area contributed by atoms with Gasteiger partial charge in [-0.05, 0) is 12.1 Å². The highest BCUT2D eigenvalue weighted by Crippen LogP contribution is 2.35. The summed E-state index contributed by atoms with van der Waals surface area (Å²) in [6, 6.07) is 5.12. The van der Waals surface area contributed by atoms with Crippen LogP contribution in [0.4, 0.5) is 9.39 Å². The molecule has 0 bridgehead atoms. The Hall–Kier alpha value is -1.29. The first-order valence-electron chi connectivity index (χ1n) is 4.56. The Morgan fingerprint density at radius 1 is 1.27 bits per heavy atom. The Kier molecular flexibility index (Phi) is 2.52. The van der Waals surface area contributed by atoms with Crippen LogP contribution >= 0.6 is 11.3 Å². The Bertz CT molecular complexity index is 493. The minimum atomic E-state index is -0.228. The number of thiophene rings is 1. The smallest absolute Gasteiger partial charge is 0.135 e. The third-order valence-electron chi connectivity index (χ3n) is 2.22. The molecule has 0 N–H and O–H groups in total. The van der Waals surface area contributed by atoms with Crippen molar-refractivity contribution in [3.8, 4) is 5.75 Å². The minimum Gasteiger partial charge on any atom is -0.497 e. The van der Waals surface area contributed by atoms with E-state index < -0.39 is 0 Å². The predicted octanol–water partition coefficient (Wildman–Crippen LogP) is 3.12. The van der Waals surface area contributed by atoms with E-state index in [0.29, 0.717) is 11.1 Å². The van der Waals surface area contributed by atoms with E-state index in [0.717, 1.165) is 9.70 Å². The van der Waals surface area contributed by atoms with Crippen molar-refractivity contribution in [3.05, 3.63) is 24.0 Å². The molecule has 15 heavy (non-hydrogen) atoms. The number of fused-ring (bicyclic) bond motifs is 1. The van der Waals surface area contributed by atoms with Gasteiger partial charge in [0.05, 0.1) is 12.1 Å². The van der Waals surface area contributed by atoms with E-state index in [1.165, 1.54) is 6.07 Å². The molecule has 2 rings (SSSR count). The molecule has 0 spiro atoms. The van der Waals surface area contributed by atoms with Gasteiger partial charge in [-0.1, -0.05) is 0 Å². The number of nitrogens with zero attached hydrogens (tertiary/aromatic N) is 1. The zero-order valence-electron chi connectivity index (χ0n) is 8.87. The maximum absolute atomic E-state index is 13.6. The molecule has 0 saturated heterocycles. The summed E-state index contributed by atoms with van der Waals surface area (Å²) in [7, 11) is 5.43. The summed E-state index contributed by atoms with van der Waals surface area (Å²) in [5.41, 5.74) is 0. The van der Waals surface area contributed by atoms with Gasteiger partial charge in [0.2, 0.25) is 0 Å². The van der Waals surface area contributed by atoms with Crippen molar-refractivity contribution < 1.29 is 9.13 Å². The van der Waals surface area contributed by atoms with Crippen LogP contribution < -0.4 is 9.64 Å². The van der Waals surface area contributed by atoms with E-state index >= 15 is 0 Å². The number of anilines is 1. The van der Waals surface area contributed by atoms with Gasteiger partial charge < -0.3 is 9.64 Å². The Labute approximate surface area is 91.9 Å². The van der Waals surface area contributed by atoms with Crippen molar-refractivity contribution in [1.29, 1.82) is 0 Å². The van der Waals surface area contributed by atoms with Crippen LogP contribution in [0.2, 0.25) is 0 Å². The number of ether oxygens (including phenoxy) is 1. The van der Waals surface area contributed by atoms with Gasteiger partial charge in [0.1, 0.15) is 11.6 Å². The number of methoxy groups -OCH3 is 1. The van der Waals surface area contributed by atoms with Gasteiger partial charge in [0, 0.05) is 30.2 Å². The topological polar surface area (TPSA) is 12.5 Å². The molecule has 0 aliphatic heterocycles. The van der Waals surface area contributed by atoms with Crippen LogP contribution in [0.25, 0.3) is 10.1 Å². The molecule has 0 radical (unpaired) electrons. The third kappa shape index (κ3) is 1.77. The van der Waals surface area contributed by atoms with Crippen molar-refractivity contribution in [2.75, 3.05) is 26.1 Å². The fourth-order valence-electron chi connectivity index (χ4n) is 1.40. The normalized spacial score (nSPS) is 10.7. The number of hydrogen-bond donors (Lipinski definition) is 0. The fraction of sp³-hybridized carbons (Fsp3) is 0.273. The van der Waals surface area contributed by atoms with Gasteiger partial charge in [-0.3, -0.25) is 0 Å². The lowest BCUT2D eigenvalue weighted by molar-refractivity contribution is 0.412.